The molecule has 5 heteroatoms. The molecule has 3 rings (SSSR count). The molecule has 0 amide bonds. The molecule has 1 fully saturated rings. The van der Waals surface area contributed by atoms with E-state index in [0.29, 0.717) is 6.04 Å². The first kappa shape index (κ1) is 21.0. The van der Waals surface area contributed by atoms with Crippen molar-refractivity contribution in [3.63, 3.8) is 0 Å². The third-order valence-electron chi connectivity index (χ3n) is 5.68. The average molecular weight is 392 g/mol. The van der Waals surface area contributed by atoms with Gasteiger partial charge in [0.15, 0.2) is 5.78 Å². The number of aliphatic hydroxyl groups is 2. The zero-order valence-corrected chi connectivity index (χ0v) is 16.8. The van der Waals surface area contributed by atoms with E-state index in [2.05, 4.69) is 30.0 Å². The lowest BCUT2D eigenvalue weighted by atomic mass is 10.0. The Morgan fingerprint density at radius 2 is 2.07 bits per heavy atom. The van der Waals surface area contributed by atoms with Crippen molar-refractivity contribution in [2.45, 2.75) is 51.2 Å². The van der Waals surface area contributed by atoms with Crippen molar-refractivity contribution in [3.8, 4) is 6.07 Å². The Hall–Kier alpha value is -2.68. The number of hydrogen-bond acceptors (Lipinski definition) is 5. The molecule has 152 valence electrons. The quantitative estimate of drug-likeness (QED) is 0.527. The summed E-state index contributed by atoms with van der Waals surface area (Å²) in [5.74, 6) is -0.324. The predicted molar refractivity (Wildman–Crippen MR) is 116 cm³/mol. The van der Waals surface area contributed by atoms with Crippen molar-refractivity contribution >= 4 is 28.3 Å². The highest BCUT2D eigenvalue weighted by Crippen LogP contribution is 2.30. The number of benzene rings is 2. The van der Waals surface area contributed by atoms with Gasteiger partial charge in [-0.2, -0.15) is 5.26 Å². The number of allylic oxidation sites excluding steroid dienone is 1. The fraction of sp³-hybridized carbons (Fsp3) is 0.417. The molecule has 0 radical (unpaired) electrons. The van der Waals surface area contributed by atoms with Crippen molar-refractivity contribution < 1.29 is 15.0 Å². The first-order chi connectivity index (χ1) is 14.0. The highest BCUT2D eigenvalue weighted by molar-refractivity contribution is 6.03. The molecule has 0 spiro atoms. The second kappa shape index (κ2) is 9.69. The van der Waals surface area contributed by atoms with Crippen LogP contribution in [0.25, 0.3) is 16.8 Å². The van der Waals surface area contributed by atoms with Crippen LogP contribution in [0.15, 0.2) is 42.0 Å². The van der Waals surface area contributed by atoms with Crippen molar-refractivity contribution in [2.24, 2.45) is 0 Å². The molecule has 2 aromatic rings. The number of Topliss-reactive ketones (excluding diaryl/α,β-unsaturated/α-hetero) is 1. The Kier molecular flexibility index (Phi) is 7.03. The Balaban J connectivity index is 1.80. The standard InChI is InChI=1S/C24H28N2O3/c1-2-21-4-3-11-26(21)22-8-7-18-12-17(5-6-19(18)14-22)13-20(15-25)24(29)10-9-23(28)16-27/h5-8,12-14,21,23,27-28H,2-4,9-11,16H2,1H3/b20-13+. The number of nitriles is 1. The number of aliphatic hydroxyl groups excluding tert-OH is 2. The van der Waals surface area contributed by atoms with E-state index in [1.807, 2.05) is 24.3 Å². The summed E-state index contributed by atoms with van der Waals surface area (Å²) in [4.78, 5) is 14.7. The lowest BCUT2D eigenvalue weighted by Crippen LogP contribution is -2.28. The van der Waals surface area contributed by atoms with E-state index in [1.165, 1.54) is 18.5 Å². The third-order valence-corrected chi connectivity index (χ3v) is 5.68. The molecule has 0 aliphatic carbocycles. The normalized spacial score (nSPS) is 18.1. The van der Waals surface area contributed by atoms with Gasteiger partial charge in [-0.3, -0.25) is 4.79 Å². The lowest BCUT2D eigenvalue weighted by Gasteiger charge is -2.26. The summed E-state index contributed by atoms with van der Waals surface area (Å²) >= 11 is 0. The maximum Gasteiger partial charge on any atom is 0.173 e. The van der Waals surface area contributed by atoms with Crippen molar-refractivity contribution in [1.29, 1.82) is 5.26 Å². The van der Waals surface area contributed by atoms with E-state index in [4.69, 9.17) is 5.11 Å². The first-order valence-electron chi connectivity index (χ1n) is 10.3. The zero-order chi connectivity index (χ0) is 20.8. The van der Waals surface area contributed by atoms with E-state index in [0.717, 1.165) is 29.3 Å². The van der Waals surface area contributed by atoms with Crippen LogP contribution in [0.3, 0.4) is 0 Å². The molecule has 0 aromatic heterocycles. The fourth-order valence-electron chi connectivity index (χ4n) is 3.99. The van der Waals surface area contributed by atoms with Crippen LogP contribution >= 0.6 is 0 Å². The molecule has 29 heavy (non-hydrogen) atoms. The Labute approximate surface area is 171 Å². The molecule has 2 atom stereocenters. The number of anilines is 1. The fourth-order valence-corrected chi connectivity index (χ4v) is 3.99. The number of ketones is 1. The van der Waals surface area contributed by atoms with Gasteiger partial charge in [0.1, 0.15) is 6.07 Å². The monoisotopic (exact) mass is 392 g/mol. The van der Waals surface area contributed by atoms with Crippen LogP contribution in [0.5, 0.6) is 0 Å². The summed E-state index contributed by atoms with van der Waals surface area (Å²) in [6.07, 6.45) is 4.48. The maximum absolute atomic E-state index is 12.2. The van der Waals surface area contributed by atoms with Gasteiger partial charge in [-0.25, -0.2) is 0 Å². The van der Waals surface area contributed by atoms with Gasteiger partial charge in [0.05, 0.1) is 18.3 Å². The highest BCUT2D eigenvalue weighted by Gasteiger charge is 2.23. The minimum atomic E-state index is -0.934. The minimum absolute atomic E-state index is 0.0342. The van der Waals surface area contributed by atoms with Crippen LogP contribution in [0.2, 0.25) is 0 Å². The van der Waals surface area contributed by atoms with Gasteiger partial charge in [0.2, 0.25) is 0 Å². The minimum Gasteiger partial charge on any atom is -0.394 e. The van der Waals surface area contributed by atoms with E-state index in [9.17, 15) is 15.2 Å². The molecule has 2 N–H and O–H groups in total. The zero-order valence-electron chi connectivity index (χ0n) is 16.8. The number of carbonyl (C=O) groups excluding carboxylic acids is 1. The van der Waals surface area contributed by atoms with E-state index >= 15 is 0 Å². The van der Waals surface area contributed by atoms with Crippen LogP contribution in [0.4, 0.5) is 5.69 Å². The molecule has 2 aromatic carbocycles. The molecule has 0 bridgehead atoms. The topological polar surface area (TPSA) is 84.6 Å². The van der Waals surface area contributed by atoms with Gasteiger partial charge in [-0.15, -0.1) is 0 Å². The van der Waals surface area contributed by atoms with Crippen molar-refractivity contribution in [2.75, 3.05) is 18.1 Å². The molecule has 0 saturated carbocycles. The predicted octanol–water partition coefficient (Wildman–Crippen LogP) is 3.83. The van der Waals surface area contributed by atoms with Crippen LogP contribution in [-0.4, -0.2) is 41.3 Å². The van der Waals surface area contributed by atoms with Crippen molar-refractivity contribution in [1.82, 2.24) is 0 Å². The van der Waals surface area contributed by atoms with Gasteiger partial charge in [-0.1, -0.05) is 25.1 Å². The average Bonchev–Trinajstić information content (AvgIpc) is 3.24. The van der Waals surface area contributed by atoms with Crippen molar-refractivity contribution in [3.05, 3.63) is 47.5 Å². The maximum atomic E-state index is 12.2. The highest BCUT2D eigenvalue weighted by atomic mass is 16.3. The van der Waals surface area contributed by atoms with E-state index in [-0.39, 0.29) is 30.8 Å². The Bertz CT molecular complexity index is 945. The second-order valence-corrected chi connectivity index (χ2v) is 7.66. The molecule has 1 heterocycles. The van der Waals surface area contributed by atoms with Crippen LogP contribution in [-0.2, 0) is 4.79 Å². The largest absolute Gasteiger partial charge is 0.394 e. The third kappa shape index (κ3) is 5.03. The van der Waals surface area contributed by atoms with Gasteiger partial charge in [0.25, 0.3) is 0 Å². The SMILES string of the molecule is CCC1CCCN1c1ccc2cc(/C=C(\C#N)C(=O)CCC(O)CO)ccc2c1. The summed E-state index contributed by atoms with van der Waals surface area (Å²) in [6, 6.07) is 15.0. The molecule has 1 saturated heterocycles. The van der Waals surface area contributed by atoms with Gasteiger partial charge in [-0.05, 0) is 66.3 Å². The number of nitrogens with zero attached hydrogens (tertiary/aromatic N) is 2. The first-order valence-corrected chi connectivity index (χ1v) is 10.3. The molecule has 1 aliphatic rings. The van der Waals surface area contributed by atoms with Crippen LogP contribution in [0, 0.1) is 11.3 Å². The Morgan fingerprint density at radius 1 is 1.31 bits per heavy atom. The number of fused-ring (bicyclic) bond motifs is 1. The molecular weight excluding hydrogens is 364 g/mol. The van der Waals surface area contributed by atoms with Gasteiger partial charge in [0, 0.05) is 24.7 Å². The smallest absolute Gasteiger partial charge is 0.173 e. The Morgan fingerprint density at radius 3 is 2.79 bits per heavy atom. The van der Waals surface area contributed by atoms with E-state index < -0.39 is 6.10 Å². The molecule has 2 unspecified atom stereocenters. The van der Waals surface area contributed by atoms with E-state index in [1.54, 1.807) is 6.08 Å². The lowest BCUT2D eigenvalue weighted by molar-refractivity contribution is -0.115. The van der Waals surface area contributed by atoms with Crippen LogP contribution < -0.4 is 4.90 Å². The molecule has 1 aliphatic heterocycles. The van der Waals surface area contributed by atoms with Gasteiger partial charge >= 0.3 is 0 Å². The molecule has 5 nitrogen and oxygen atoms in total. The summed E-state index contributed by atoms with van der Waals surface area (Å²) < 4.78 is 0. The van der Waals surface area contributed by atoms with Gasteiger partial charge < -0.3 is 15.1 Å². The van der Waals surface area contributed by atoms with Crippen LogP contribution in [0.1, 0.15) is 44.6 Å². The summed E-state index contributed by atoms with van der Waals surface area (Å²) in [7, 11) is 0. The number of hydrogen-bond donors (Lipinski definition) is 2. The molecular formula is C24H28N2O3. The summed E-state index contributed by atoms with van der Waals surface area (Å²) in [5, 5.41) is 29.8. The number of carbonyl (C=O) groups is 1. The number of rotatable bonds is 8. The summed E-state index contributed by atoms with van der Waals surface area (Å²) in [6.45, 7) is 2.95. The second-order valence-electron chi connectivity index (χ2n) is 7.66. The summed E-state index contributed by atoms with van der Waals surface area (Å²) in [5.41, 5.74) is 2.11.